The summed E-state index contributed by atoms with van der Waals surface area (Å²) in [6, 6.07) is 18.0. The molecule has 2 heterocycles. The highest BCUT2D eigenvalue weighted by Gasteiger charge is 2.49. The van der Waals surface area contributed by atoms with Crippen molar-refractivity contribution in [3.05, 3.63) is 95.4 Å². The van der Waals surface area contributed by atoms with Crippen molar-refractivity contribution >= 4 is 33.0 Å². The number of carbonyl (C=O) groups excluding carboxylic acids is 2. The first kappa shape index (κ1) is 33.1. The van der Waals surface area contributed by atoms with Gasteiger partial charge in [0.15, 0.2) is 5.75 Å². The Labute approximate surface area is 266 Å². The van der Waals surface area contributed by atoms with E-state index in [2.05, 4.69) is 9.17 Å². The molecule has 0 N–H and O–H groups in total. The molecular formula is C32H26F4N4O6S. The minimum Gasteiger partial charge on any atom is -0.445 e. The molecule has 1 fully saturated rings. The number of pyridine rings is 1. The molecule has 47 heavy (non-hydrogen) atoms. The smallest absolute Gasteiger partial charge is 0.445 e. The Bertz CT molecular complexity index is 1980. The van der Waals surface area contributed by atoms with Gasteiger partial charge in [-0.15, -0.1) is 0 Å². The summed E-state index contributed by atoms with van der Waals surface area (Å²) in [5, 5.41) is 9.18. The Hall–Kier alpha value is -5.23. The van der Waals surface area contributed by atoms with Crippen molar-refractivity contribution in [3.8, 4) is 22.9 Å². The van der Waals surface area contributed by atoms with E-state index in [9.17, 15) is 40.8 Å². The molecule has 1 aromatic heterocycles. The standard InChI is InChI=1S/C32H26F4N4O6S/c1-39(18-25-8-5-11-40(25)31(42)45-19-20-6-3-2-4-7-20)30(41)29-26-15-22(23-12-21(16-37)13-24(33)14-23)9-10-27(26)38-17-28(29)46-47(43,44)32(34,35)36/h2-4,6-7,9-10,12-15,17,25H,5,8,11,18-19H2,1H3/t25-/m0/s1. The second-order valence-electron chi connectivity index (χ2n) is 10.8. The molecule has 1 saturated heterocycles. The van der Waals surface area contributed by atoms with Gasteiger partial charge in [-0.2, -0.15) is 26.9 Å². The van der Waals surface area contributed by atoms with Crippen molar-refractivity contribution in [1.29, 1.82) is 5.26 Å². The summed E-state index contributed by atoms with van der Waals surface area (Å²) in [6.45, 7) is 0.292. The van der Waals surface area contributed by atoms with Crippen LogP contribution >= 0.6 is 0 Å². The van der Waals surface area contributed by atoms with Crippen LogP contribution in [0.5, 0.6) is 5.75 Å². The van der Waals surface area contributed by atoms with Gasteiger partial charge in [-0.1, -0.05) is 36.4 Å². The number of benzene rings is 3. The number of likely N-dealkylation sites (tertiary alicyclic amines) is 1. The fourth-order valence-electron chi connectivity index (χ4n) is 5.28. The van der Waals surface area contributed by atoms with Gasteiger partial charge in [0.25, 0.3) is 5.91 Å². The van der Waals surface area contributed by atoms with Gasteiger partial charge in [-0.3, -0.25) is 9.78 Å². The molecule has 0 aliphatic carbocycles. The minimum atomic E-state index is -6.22. The van der Waals surface area contributed by atoms with Crippen LogP contribution in [0.3, 0.4) is 0 Å². The van der Waals surface area contributed by atoms with Gasteiger partial charge in [-0.05, 0) is 59.9 Å². The summed E-state index contributed by atoms with van der Waals surface area (Å²) in [5.41, 5.74) is -5.05. The molecule has 244 valence electrons. The predicted molar refractivity (Wildman–Crippen MR) is 161 cm³/mol. The third-order valence-corrected chi connectivity index (χ3v) is 8.50. The average Bonchev–Trinajstić information content (AvgIpc) is 3.50. The largest absolute Gasteiger partial charge is 0.534 e. The number of alkyl halides is 3. The zero-order valence-electron chi connectivity index (χ0n) is 24.7. The second-order valence-corrected chi connectivity index (χ2v) is 12.3. The first-order chi connectivity index (χ1) is 22.3. The Kier molecular flexibility index (Phi) is 9.34. The molecule has 0 radical (unpaired) electrons. The lowest BCUT2D eigenvalue weighted by Gasteiger charge is -2.29. The third kappa shape index (κ3) is 7.28. The number of rotatable bonds is 8. The van der Waals surface area contributed by atoms with E-state index in [4.69, 9.17) is 4.74 Å². The van der Waals surface area contributed by atoms with E-state index in [1.807, 2.05) is 12.1 Å². The molecule has 5 rings (SSSR count). The van der Waals surface area contributed by atoms with Gasteiger partial charge >= 0.3 is 21.7 Å². The van der Waals surface area contributed by atoms with Gasteiger partial charge in [-0.25, -0.2) is 9.18 Å². The molecule has 1 atom stereocenters. The number of hydrogen-bond acceptors (Lipinski definition) is 8. The van der Waals surface area contributed by atoms with Gasteiger partial charge in [0.05, 0.1) is 35.0 Å². The van der Waals surface area contributed by atoms with Crippen molar-refractivity contribution in [2.75, 3.05) is 20.1 Å². The monoisotopic (exact) mass is 670 g/mol. The van der Waals surface area contributed by atoms with Gasteiger partial charge in [0.2, 0.25) is 0 Å². The second kappa shape index (κ2) is 13.2. The Morgan fingerprint density at radius 1 is 1.09 bits per heavy atom. The molecule has 2 amide bonds. The number of carbonyl (C=O) groups is 2. The van der Waals surface area contributed by atoms with Crippen molar-refractivity contribution in [1.82, 2.24) is 14.8 Å². The number of amides is 2. The van der Waals surface area contributed by atoms with Crippen LogP contribution in [0, 0.1) is 17.1 Å². The molecule has 1 aliphatic rings. The zero-order chi connectivity index (χ0) is 33.9. The fourth-order valence-corrected chi connectivity index (χ4v) is 5.74. The van der Waals surface area contributed by atoms with Crippen LogP contribution in [0.25, 0.3) is 22.0 Å². The topological polar surface area (TPSA) is 130 Å². The number of nitriles is 1. The van der Waals surface area contributed by atoms with Crippen molar-refractivity contribution in [3.63, 3.8) is 0 Å². The van der Waals surface area contributed by atoms with Crippen LogP contribution in [0.15, 0.2) is 72.9 Å². The van der Waals surface area contributed by atoms with Crippen LogP contribution in [0.1, 0.15) is 34.3 Å². The first-order valence-corrected chi connectivity index (χ1v) is 15.6. The molecule has 1 aliphatic heterocycles. The van der Waals surface area contributed by atoms with E-state index in [1.54, 1.807) is 24.3 Å². The lowest BCUT2D eigenvalue weighted by atomic mass is 9.98. The Morgan fingerprint density at radius 2 is 1.83 bits per heavy atom. The fraction of sp³-hybridized carbons (Fsp3) is 0.250. The highest BCUT2D eigenvalue weighted by atomic mass is 32.2. The van der Waals surface area contributed by atoms with E-state index in [0.29, 0.717) is 25.6 Å². The lowest BCUT2D eigenvalue weighted by Crippen LogP contribution is -2.44. The van der Waals surface area contributed by atoms with Crippen molar-refractivity contribution < 1.29 is 44.5 Å². The van der Waals surface area contributed by atoms with E-state index in [1.165, 1.54) is 36.2 Å². The Balaban J connectivity index is 1.50. The number of hydrogen-bond donors (Lipinski definition) is 0. The van der Waals surface area contributed by atoms with E-state index >= 15 is 0 Å². The normalized spacial score (nSPS) is 14.9. The SMILES string of the molecule is CN(C[C@@H]1CCCN1C(=O)OCc1ccccc1)C(=O)c1c(OS(=O)(=O)C(F)(F)F)cnc2ccc(-c3cc(F)cc(C#N)c3)cc12. The van der Waals surface area contributed by atoms with Crippen molar-refractivity contribution in [2.45, 2.75) is 31.0 Å². The number of fused-ring (bicyclic) bond motifs is 1. The zero-order valence-corrected chi connectivity index (χ0v) is 25.5. The minimum absolute atomic E-state index is 0.00831. The summed E-state index contributed by atoms with van der Waals surface area (Å²) in [5.74, 6) is -2.64. The summed E-state index contributed by atoms with van der Waals surface area (Å²) in [6.07, 6.45) is 1.19. The summed E-state index contributed by atoms with van der Waals surface area (Å²) >= 11 is 0. The molecule has 15 heteroatoms. The lowest BCUT2D eigenvalue weighted by molar-refractivity contribution is -0.0500. The Morgan fingerprint density at radius 3 is 2.53 bits per heavy atom. The third-order valence-electron chi connectivity index (χ3n) is 7.54. The van der Waals surface area contributed by atoms with Gasteiger partial charge in [0, 0.05) is 25.5 Å². The highest BCUT2D eigenvalue weighted by molar-refractivity contribution is 7.88. The van der Waals surface area contributed by atoms with Crippen LogP contribution in [0.2, 0.25) is 0 Å². The van der Waals surface area contributed by atoms with Gasteiger partial charge < -0.3 is 18.7 Å². The summed E-state index contributed by atoms with van der Waals surface area (Å²) < 4.78 is 88.2. The van der Waals surface area contributed by atoms with Gasteiger partial charge in [0.1, 0.15) is 12.4 Å². The number of nitrogens with zero attached hydrogens (tertiary/aromatic N) is 4. The average molecular weight is 671 g/mol. The maximum Gasteiger partial charge on any atom is 0.534 e. The predicted octanol–water partition coefficient (Wildman–Crippen LogP) is 6.01. The molecule has 0 saturated carbocycles. The van der Waals surface area contributed by atoms with Crippen LogP contribution in [0.4, 0.5) is 22.4 Å². The quantitative estimate of drug-likeness (QED) is 0.127. The number of likely N-dealkylation sites (N-methyl/N-ethyl adjacent to an activating group) is 1. The molecule has 0 spiro atoms. The first-order valence-electron chi connectivity index (χ1n) is 14.1. The summed E-state index contributed by atoms with van der Waals surface area (Å²) in [4.78, 5) is 33.5. The highest BCUT2D eigenvalue weighted by Crippen LogP contribution is 2.35. The van der Waals surface area contributed by atoms with Crippen LogP contribution in [-0.4, -0.2) is 66.9 Å². The number of ether oxygens (including phenoxy) is 1. The van der Waals surface area contributed by atoms with E-state index < -0.39 is 50.8 Å². The number of halogens is 4. The summed E-state index contributed by atoms with van der Waals surface area (Å²) in [7, 11) is -4.87. The molecular weight excluding hydrogens is 644 g/mol. The molecule has 0 unspecified atom stereocenters. The molecule has 0 bridgehead atoms. The van der Waals surface area contributed by atoms with E-state index in [-0.39, 0.29) is 40.7 Å². The van der Waals surface area contributed by atoms with Crippen LogP contribution in [-0.2, 0) is 21.5 Å². The molecule has 10 nitrogen and oxygen atoms in total. The molecule has 3 aromatic carbocycles. The maximum atomic E-state index is 14.3. The van der Waals surface area contributed by atoms with E-state index in [0.717, 1.165) is 22.6 Å². The van der Waals surface area contributed by atoms with Crippen LogP contribution < -0.4 is 4.18 Å². The van der Waals surface area contributed by atoms with Crippen molar-refractivity contribution in [2.24, 2.45) is 0 Å². The maximum absolute atomic E-state index is 14.3. The number of aromatic nitrogens is 1. The molecule has 4 aromatic rings.